The molecule has 0 atom stereocenters. The molecule has 1 heterocycles. The van der Waals surface area contributed by atoms with E-state index in [9.17, 15) is 0 Å². The second-order valence-corrected chi connectivity index (χ2v) is 7.39. The lowest BCUT2D eigenvalue weighted by Gasteiger charge is -2.42. The van der Waals surface area contributed by atoms with E-state index in [1.807, 2.05) is 0 Å². The van der Waals surface area contributed by atoms with Gasteiger partial charge >= 0.3 is 0 Å². The van der Waals surface area contributed by atoms with Crippen molar-refractivity contribution < 1.29 is 0 Å². The van der Waals surface area contributed by atoms with Crippen LogP contribution < -0.4 is 4.90 Å². The van der Waals surface area contributed by atoms with Crippen LogP contribution in [0.1, 0.15) is 25.0 Å². The van der Waals surface area contributed by atoms with Crippen LogP contribution in [0.2, 0.25) is 0 Å². The summed E-state index contributed by atoms with van der Waals surface area (Å²) in [5.74, 6) is 0. The van der Waals surface area contributed by atoms with Crippen LogP contribution in [0.4, 0.5) is 17.1 Å². The van der Waals surface area contributed by atoms with Crippen LogP contribution in [0.25, 0.3) is 0 Å². The summed E-state index contributed by atoms with van der Waals surface area (Å²) in [5.41, 5.74) is 6.43. The van der Waals surface area contributed by atoms with Crippen molar-refractivity contribution in [2.45, 2.75) is 19.3 Å². The summed E-state index contributed by atoms with van der Waals surface area (Å²) in [7, 11) is 0. The minimum absolute atomic E-state index is 0.000942. The largest absolute Gasteiger partial charge is 0.310 e. The number of para-hydroxylation sites is 2. The lowest BCUT2D eigenvalue weighted by atomic mass is 9.73. The number of fused-ring (bicyclic) bond motifs is 2. The average molecular weight is 364 g/mol. The number of nitrogens with zero attached hydrogens (tertiary/aromatic N) is 1. The van der Waals surface area contributed by atoms with Gasteiger partial charge in [0.25, 0.3) is 0 Å². The van der Waals surface area contributed by atoms with Crippen LogP contribution >= 0.6 is 15.9 Å². The number of rotatable bonds is 1. The van der Waals surface area contributed by atoms with Crippen LogP contribution in [-0.2, 0) is 5.41 Å². The molecule has 1 aliphatic heterocycles. The fourth-order valence-corrected chi connectivity index (χ4v) is 3.80. The Balaban J connectivity index is 2.02. The summed E-state index contributed by atoms with van der Waals surface area (Å²) in [6.45, 7) is 4.62. The summed E-state index contributed by atoms with van der Waals surface area (Å²) >= 11 is 3.53. The molecule has 0 spiro atoms. The van der Waals surface area contributed by atoms with Crippen molar-refractivity contribution in [1.29, 1.82) is 0 Å². The Morgan fingerprint density at radius 2 is 1.17 bits per heavy atom. The second kappa shape index (κ2) is 5.24. The normalized spacial score (nSPS) is 15.0. The first-order valence-electron chi connectivity index (χ1n) is 7.84. The molecule has 0 bridgehead atoms. The molecule has 0 fully saturated rings. The summed E-state index contributed by atoms with van der Waals surface area (Å²) in [4.78, 5) is 2.36. The van der Waals surface area contributed by atoms with Gasteiger partial charge in [-0.15, -0.1) is 0 Å². The Hall–Kier alpha value is -2.06. The van der Waals surface area contributed by atoms with Gasteiger partial charge in [0.05, 0.1) is 11.4 Å². The van der Waals surface area contributed by atoms with E-state index in [0.29, 0.717) is 0 Å². The first kappa shape index (κ1) is 14.5. The van der Waals surface area contributed by atoms with Gasteiger partial charge in [-0.3, -0.25) is 0 Å². The third-order valence-electron chi connectivity index (χ3n) is 4.72. The molecule has 0 amide bonds. The van der Waals surface area contributed by atoms with Crippen molar-refractivity contribution >= 4 is 33.0 Å². The Morgan fingerprint density at radius 1 is 0.696 bits per heavy atom. The minimum atomic E-state index is -0.000942. The smallest absolute Gasteiger partial charge is 0.0502 e. The third kappa shape index (κ3) is 2.21. The summed E-state index contributed by atoms with van der Waals surface area (Å²) in [6.07, 6.45) is 0. The number of hydrogen-bond donors (Lipinski definition) is 0. The number of benzene rings is 3. The molecule has 0 aromatic heterocycles. The molecule has 1 aliphatic rings. The fraction of sp³-hybridized carbons (Fsp3) is 0.143. The van der Waals surface area contributed by atoms with Crippen molar-refractivity contribution in [2.24, 2.45) is 0 Å². The molecule has 1 nitrogen and oxygen atoms in total. The fourth-order valence-electron chi connectivity index (χ4n) is 3.54. The molecule has 0 saturated heterocycles. The van der Waals surface area contributed by atoms with Crippen molar-refractivity contribution in [3.63, 3.8) is 0 Å². The lowest BCUT2D eigenvalue weighted by molar-refractivity contribution is 0.632. The van der Waals surface area contributed by atoms with E-state index in [4.69, 9.17) is 0 Å². The van der Waals surface area contributed by atoms with Gasteiger partial charge in [-0.25, -0.2) is 0 Å². The third-order valence-corrected chi connectivity index (χ3v) is 5.25. The zero-order chi connectivity index (χ0) is 16.0. The van der Waals surface area contributed by atoms with Crippen molar-refractivity contribution in [3.8, 4) is 0 Å². The van der Waals surface area contributed by atoms with E-state index >= 15 is 0 Å². The average Bonchev–Trinajstić information content (AvgIpc) is 2.57. The van der Waals surface area contributed by atoms with Gasteiger partial charge in [0.1, 0.15) is 0 Å². The maximum absolute atomic E-state index is 3.53. The summed E-state index contributed by atoms with van der Waals surface area (Å²) in [5, 5.41) is 0. The first-order chi connectivity index (χ1) is 11.1. The Kier molecular flexibility index (Phi) is 3.31. The monoisotopic (exact) mass is 363 g/mol. The Morgan fingerprint density at radius 3 is 1.70 bits per heavy atom. The first-order valence-corrected chi connectivity index (χ1v) is 8.63. The van der Waals surface area contributed by atoms with E-state index in [1.165, 1.54) is 28.2 Å². The van der Waals surface area contributed by atoms with Crippen molar-refractivity contribution in [2.75, 3.05) is 4.90 Å². The molecular weight excluding hydrogens is 346 g/mol. The van der Waals surface area contributed by atoms with Crippen LogP contribution in [-0.4, -0.2) is 0 Å². The summed E-state index contributed by atoms with van der Waals surface area (Å²) < 4.78 is 1.10. The molecule has 4 rings (SSSR count). The molecule has 0 saturated carbocycles. The quantitative estimate of drug-likeness (QED) is 0.473. The standard InChI is InChI=1S/C21H18BrN/c1-21(2)17-7-3-5-9-19(17)23(16-13-11-15(22)12-14-16)20-10-6-4-8-18(20)21/h3-14H,1-2H3. The van der Waals surface area contributed by atoms with Gasteiger partial charge in [0.15, 0.2) is 0 Å². The Bertz CT molecular complexity index is 816. The predicted molar refractivity (Wildman–Crippen MR) is 101 cm³/mol. The molecule has 2 heteroatoms. The summed E-state index contributed by atoms with van der Waals surface area (Å²) in [6, 6.07) is 26.0. The van der Waals surface area contributed by atoms with Crippen LogP contribution in [0.15, 0.2) is 77.3 Å². The van der Waals surface area contributed by atoms with E-state index < -0.39 is 0 Å². The van der Waals surface area contributed by atoms with Gasteiger partial charge < -0.3 is 4.90 Å². The molecule has 23 heavy (non-hydrogen) atoms. The lowest BCUT2D eigenvalue weighted by Crippen LogP contribution is -2.30. The minimum Gasteiger partial charge on any atom is -0.310 e. The van der Waals surface area contributed by atoms with Gasteiger partial charge in [-0.2, -0.15) is 0 Å². The molecular formula is C21H18BrN. The molecule has 3 aromatic carbocycles. The zero-order valence-electron chi connectivity index (χ0n) is 13.3. The van der Waals surface area contributed by atoms with Gasteiger partial charge in [0.2, 0.25) is 0 Å². The highest BCUT2D eigenvalue weighted by molar-refractivity contribution is 9.10. The second-order valence-electron chi connectivity index (χ2n) is 6.47. The Labute approximate surface area is 145 Å². The number of halogens is 1. The highest BCUT2D eigenvalue weighted by Crippen LogP contribution is 2.51. The van der Waals surface area contributed by atoms with Gasteiger partial charge in [-0.1, -0.05) is 66.2 Å². The van der Waals surface area contributed by atoms with E-state index in [1.54, 1.807) is 0 Å². The molecule has 0 aliphatic carbocycles. The number of hydrogen-bond acceptors (Lipinski definition) is 1. The van der Waals surface area contributed by atoms with Crippen molar-refractivity contribution in [3.05, 3.63) is 88.4 Å². The molecule has 114 valence electrons. The topological polar surface area (TPSA) is 3.24 Å². The van der Waals surface area contributed by atoms with Gasteiger partial charge in [-0.05, 0) is 47.5 Å². The molecule has 0 unspecified atom stereocenters. The van der Waals surface area contributed by atoms with Crippen molar-refractivity contribution in [1.82, 2.24) is 0 Å². The van der Waals surface area contributed by atoms with Crippen LogP contribution in [0, 0.1) is 0 Å². The van der Waals surface area contributed by atoms with E-state index in [-0.39, 0.29) is 5.41 Å². The van der Waals surface area contributed by atoms with Crippen LogP contribution in [0.3, 0.4) is 0 Å². The highest BCUT2D eigenvalue weighted by Gasteiger charge is 2.36. The van der Waals surface area contributed by atoms with Crippen LogP contribution in [0.5, 0.6) is 0 Å². The zero-order valence-corrected chi connectivity index (χ0v) is 14.8. The maximum Gasteiger partial charge on any atom is 0.0502 e. The van der Waals surface area contributed by atoms with Gasteiger partial charge in [0, 0.05) is 15.6 Å². The van der Waals surface area contributed by atoms with E-state index in [0.717, 1.165) is 4.47 Å². The maximum atomic E-state index is 3.53. The molecule has 3 aromatic rings. The highest BCUT2D eigenvalue weighted by atomic mass is 79.9. The molecule has 0 N–H and O–H groups in total. The molecule has 0 radical (unpaired) electrons. The number of anilines is 3. The SMILES string of the molecule is CC1(C)c2ccccc2N(c2ccc(Br)cc2)c2ccccc21. The predicted octanol–water partition coefficient (Wildman–Crippen LogP) is 6.56. The van der Waals surface area contributed by atoms with E-state index in [2.05, 4.69) is 107 Å².